The van der Waals surface area contributed by atoms with Gasteiger partial charge in [0.05, 0.1) is 6.10 Å². The van der Waals surface area contributed by atoms with Gasteiger partial charge in [0.1, 0.15) is 0 Å². The number of benzene rings is 1. The van der Waals surface area contributed by atoms with Gasteiger partial charge in [0.15, 0.2) is 0 Å². The molecule has 1 aromatic rings. The maximum Gasteiger partial charge on any atom is 0.331 e. The zero-order chi connectivity index (χ0) is 17.6. The fourth-order valence-electron chi connectivity index (χ4n) is 2.57. The fraction of sp³-hybridized carbons (Fsp3) is 0.421. The number of carboxylic acid groups (broad SMARTS) is 1. The molecule has 2 atom stereocenters. The molecule has 1 rings (SSSR count). The van der Waals surface area contributed by atoms with E-state index in [-0.39, 0.29) is 12.0 Å². The smallest absolute Gasteiger partial charge is 0.331 e. The molecule has 0 bridgehead atoms. The number of ether oxygens (including phenoxy) is 1. The third-order valence-electron chi connectivity index (χ3n) is 3.78. The molecule has 0 saturated heterocycles. The number of rotatable bonds is 7. The van der Waals surface area contributed by atoms with E-state index in [1.165, 1.54) is 0 Å². The minimum Gasteiger partial charge on any atom is -0.478 e. The maximum absolute atomic E-state index is 10.9. The van der Waals surface area contributed by atoms with Crippen molar-refractivity contribution in [2.24, 2.45) is 5.92 Å². The summed E-state index contributed by atoms with van der Waals surface area (Å²) in [5.74, 6) is -0.768. The number of anilines is 1. The highest BCUT2D eigenvalue weighted by Gasteiger charge is 2.17. The number of hydrogen-bond donors (Lipinski definition) is 1. The van der Waals surface area contributed by atoms with Gasteiger partial charge < -0.3 is 14.7 Å². The van der Waals surface area contributed by atoms with Gasteiger partial charge in [-0.15, -0.1) is 0 Å². The van der Waals surface area contributed by atoms with E-state index >= 15 is 0 Å². The Morgan fingerprint density at radius 1 is 1.22 bits per heavy atom. The molecule has 126 valence electrons. The zero-order valence-corrected chi connectivity index (χ0v) is 14.8. The molecule has 0 fully saturated rings. The summed E-state index contributed by atoms with van der Waals surface area (Å²) in [6.07, 6.45) is 3.65. The predicted molar refractivity (Wildman–Crippen MR) is 94.8 cm³/mol. The zero-order valence-electron chi connectivity index (χ0n) is 14.8. The molecular weight excluding hydrogens is 290 g/mol. The normalized spacial score (nSPS) is 15.2. The largest absolute Gasteiger partial charge is 0.478 e. The molecule has 0 amide bonds. The first-order valence-corrected chi connectivity index (χ1v) is 7.66. The summed E-state index contributed by atoms with van der Waals surface area (Å²) in [6.45, 7) is 5.57. The van der Waals surface area contributed by atoms with Gasteiger partial charge in [-0.3, -0.25) is 0 Å². The first-order valence-electron chi connectivity index (χ1n) is 7.66. The number of carbonyl (C=O) groups is 1. The van der Waals surface area contributed by atoms with Crippen LogP contribution in [0.5, 0.6) is 0 Å². The molecule has 23 heavy (non-hydrogen) atoms. The van der Waals surface area contributed by atoms with E-state index in [1.54, 1.807) is 20.1 Å². The van der Waals surface area contributed by atoms with Crippen molar-refractivity contribution >= 4 is 11.7 Å². The van der Waals surface area contributed by atoms with Crippen molar-refractivity contribution in [3.63, 3.8) is 0 Å². The summed E-state index contributed by atoms with van der Waals surface area (Å²) < 4.78 is 5.66. The highest BCUT2D eigenvalue weighted by atomic mass is 16.5. The van der Waals surface area contributed by atoms with Crippen LogP contribution in [0.4, 0.5) is 5.69 Å². The second kappa shape index (κ2) is 8.53. The molecule has 4 nitrogen and oxygen atoms in total. The van der Waals surface area contributed by atoms with Crippen LogP contribution in [-0.4, -0.2) is 32.3 Å². The van der Waals surface area contributed by atoms with E-state index in [9.17, 15) is 4.79 Å². The van der Waals surface area contributed by atoms with Crippen LogP contribution in [-0.2, 0) is 9.53 Å². The molecule has 0 saturated carbocycles. The van der Waals surface area contributed by atoms with Crippen molar-refractivity contribution in [3.8, 4) is 0 Å². The summed E-state index contributed by atoms with van der Waals surface area (Å²) in [7, 11) is 5.71. The molecule has 0 radical (unpaired) electrons. The lowest BCUT2D eigenvalue weighted by Gasteiger charge is -2.22. The predicted octanol–water partition coefficient (Wildman–Crippen LogP) is 4.05. The van der Waals surface area contributed by atoms with Gasteiger partial charge in [-0.2, -0.15) is 0 Å². The second-order valence-electron chi connectivity index (χ2n) is 6.04. The van der Waals surface area contributed by atoms with Crippen LogP contribution in [0.15, 0.2) is 47.6 Å². The van der Waals surface area contributed by atoms with E-state index in [2.05, 4.69) is 36.1 Å². The van der Waals surface area contributed by atoms with Crippen LogP contribution in [0, 0.1) is 5.92 Å². The van der Waals surface area contributed by atoms with Crippen LogP contribution >= 0.6 is 0 Å². The number of methoxy groups -OCH3 is 1. The molecule has 0 spiro atoms. The van der Waals surface area contributed by atoms with E-state index in [0.717, 1.165) is 16.8 Å². The molecule has 0 heterocycles. The highest BCUT2D eigenvalue weighted by molar-refractivity contribution is 5.86. The Labute approximate surface area is 139 Å². The van der Waals surface area contributed by atoms with Gasteiger partial charge >= 0.3 is 5.97 Å². The maximum atomic E-state index is 10.9. The topological polar surface area (TPSA) is 49.8 Å². The third-order valence-corrected chi connectivity index (χ3v) is 3.78. The minimum atomic E-state index is -0.895. The molecule has 1 aromatic carbocycles. The van der Waals surface area contributed by atoms with E-state index in [1.807, 2.05) is 27.1 Å². The van der Waals surface area contributed by atoms with Crippen molar-refractivity contribution in [2.45, 2.75) is 26.9 Å². The highest BCUT2D eigenvalue weighted by Crippen LogP contribution is 2.28. The van der Waals surface area contributed by atoms with Crippen molar-refractivity contribution in [2.75, 3.05) is 26.1 Å². The number of allylic oxidation sites excluding steroid dienone is 2. The lowest BCUT2D eigenvalue weighted by molar-refractivity contribution is -0.132. The second-order valence-corrected chi connectivity index (χ2v) is 6.04. The minimum absolute atomic E-state index is 0.0697. The Bertz CT molecular complexity index is 585. The summed E-state index contributed by atoms with van der Waals surface area (Å²) in [5.41, 5.74) is 3.50. The average Bonchev–Trinajstić information content (AvgIpc) is 2.48. The Balaban J connectivity index is 2.96. The van der Waals surface area contributed by atoms with Gasteiger partial charge in [0.25, 0.3) is 0 Å². The van der Waals surface area contributed by atoms with Crippen molar-refractivity contribution < 1.29 is 14.6 Å². The molecule has 0 aliphatic rings. The van der Waals surface area contributed by atoms with Gasteiger partial charge in [-0.05, 0) is 37.6 Å². The number of nitrogens with zero attached hydrogens (tertiary/aromatic N) is 1. The Hall–Kier alpha value is -2.07. The SMILES string of the molecule is COC(c1ccc(N(C)C)cc1)C(C)C=C(C)C=C(C)C(=O)O. The molecule has 0 aromatic heterocycles. The fourth-order valence-corrected chi connectivity index (χ4v) is 2.57. The third kappa shape index (κ3) is 5.57. The van der Waals surface area contributed by atoms with Gasteiger partial charge in [0.2, 0.25) is 0 Å². The van der Waals surface area contributed by atoms with Crippen LogP contribution in [0.25, 0.3) is 0 Å². The number of aliphatic carboxylic acids is 1. The monoisotopic (exact) mass is 317 g/mol. The quantitative estimate of drug-likeness (QED) is 0.609. The van der Waals surface area contributed by atoms with E-state index in [4.69, 9.17) is 9.84 Å². The van der Waals surface area contributed by atoms with E-state index < -0.39 is 5.97 Å². The van der Waals surface area contributed by atoms with Crippen LogP contribution < -0.4 is 4.90 Å². The summed E-state index contributed by atoms with van der Waals surface area (Å²) >= 11 is 0. The molecule has 0 aliphatic carbocycles. The summed E-state index contributed by atoms with van der Waals surface area (Å²) in [5, 5.41) is 8.94. The van der Waals surface area contributed by atoms with Crippen LogP contribution in [0.3, 0.4) is 0 Å². The number of hydrogen-bond acceptors (Lipinski definition) is 3. The van der Waals surface area contributed by atoms with Gasteiger partial charge in [0, 0.05) is 38.4 Å². The van der Waals surface area contributed by atoms with Gasteiger partial charge in [-0.1, -0.05) is 30.7 Å². The van der Waals surface area contributed by atoms with Crippen molar-refractivity contribution in [3.05, 3.63) is 53.1 Å². The summed E-state index contributed by atoms with van der Waals surface area (Å²) in [6, 6.07) is 8.28. The number of carboxylic acids is 1. The lowest BCUT2D eigenvalue weighted by Crippen LogP contribution is -2.12. The van der Waals surface area contributed by atoms with Crippen molar-refractivity contribution in [1.29, 1.82) is 0 Å². The van der Waals surface area contributed by atoms with Crippen LogP contribution in [0.1, 0.15) is 32.4 Å². The molecule has 0 aliphatic heterocycles. The molecule has 4 heteroatoms. The lowest BCUT2D eigenvalue weighted by atomic mass is 9.94. The molecule has 2 unspecified atom stereocenters. The van der Waals surface area contributed by atoms with Crippen molar-refractivity contribution in [1.82, 2.24) is 0 Å². The van der Waals surface area contributed by atoms with E-state index in [0.29, 0.717) is 5.57 Å². The van der Waals surface area contributed by atoms with Crippen LogP contribution in [0.2, 0.25) is 0 Å². The first kappa shape index (κ1) is 19.0. The first-order chi connectivity index (χ1) is 10.8. The molecule has 1 N–H and O–H groups in total. The Morgan fingerprint density at radius 3 is 2.22 bits per heavy atom. The van der Waals surface area contributed by atoms with Gasteiger partial charge in [-0.25, -0.2) is 4.79 Å². The average molecular weight is 317 g/mol. The summed E-state index contributed by atoms with van der Waals surface area (Å²) in [4.78, 5) is 12.9. The molecular formula is C19H27NO3. The Morgan fingerprint density at radius 2 is 1.78 bits per heavy atom. The standard InChI is InChI=1S/C19H27NO3/c1-13(12-15(3)19(21)22)11-14(2)18(23-6)16-7-9-17(10-8-16)20(4)5/h7-12,14,18H,1-6H3,(H,21,22). The Kier molecular flexibility index (Phi) is 7.04.